The van der Waals surface area contributed by atoms with E-state index < -0.39 is 15.9 Å². The van der Waals surface area contributed by atoms with E-state index in [0.29, 0.717) is 24.8 Å². The van der Waals surface area contributed by atoms with Crippen molar-refractivity contribution in [2.24, 2.45) is 5.92 Å². The van der Waals surface area contributed by atoms with Gasteiger partial charge in [-0.25, -0.2) is 18.4 Å². The maximum absolute atomic E-state index is 12.3. The summed E-state index contributed by atoms with van der Waals surface area (Å²) in [7, 11) is -3.69. The van der Waals surface area contributed by atoms with Crippen molar-refractivity contribution < 1.29 is 13.2 Å². The number of carbonyl (C=O) groups excluding carboxylic acids is 1. The number of hydrogen-bond donors (Lipinski definition) is 1. The molecule has 1 unspecified atom stereocenters. The van der Waals surface area contributed by atoms with Crippen LogP contribution < -0.4 is 4.72 Å². The third-order valence-corrected chi connectivity index (χ3v) is 5.13. The first-order valence-electron chi connectivity index (χ1n) is 7.39. The van der Waals surface area contributed by atoms with Crippen molar-refractivity contribution in [1.29, 1.82) is 0 Å². The fourth-order valence-electron chi connectivity index (χ4n) is 2.75. The van der Waals surface area contributed by atoms with Gasteiger partial charge in [0.15, 0.2) is 0 Å². The predicted molar refractivity (Wildman–Crippen MR) is 84.8 cm³/mol. The lowest BCUT2D eigenvalue weighted by atomic mass is 9.87. The van der Waals surface area contributed by atoms with E-state index in [4.69, 9.17) is 0 Å². The van der Waals surface area contributed by atoms with Gasteiger partial charge in [0.25, 0.3) is 0 Å². The van der Waals surface area contributed by atoms with Gasteiger partial charge in [-0.3, -0.25) is 9.52 Å². The van der Waals surface area contributed by atoms with Gasteiger partial charge in [-0.15, -0.1) is 0 Å². The molecule has 1 aromatic carbocycles. The Hall–Kier alpha value is -2.28. The number of aryl methyl sites for hydroxylation is 1. The second-order valence-corrected chi connectivity index (χ2v) is 7.37. The summed E-state index contributed by atoms with van der Waals surface area (Å²) in [6, 6.07) is 8.79. The van der Waals surface area contributed by atoms with E-state index in [1.54, 1.807) is 30.5 Å². The average molecular weight is 331 g/mol. The Kier molecular flexibility index (Phi) is 4.38. The number of sulfonamides is 1. The Labute approximate surface area is 135 Å². The molecule has 0 spiro atoms. The van der Waals surface area contributed by atoms with E-state index in [1.807, 2.05) is 6.07 Å². The van der Waals surface area contributed by atoms with Crippen LogP contribution in [0.2, 0.25) is 0 Å². The van der Waals surface area contributed by atoms with Gasteiger partial charge in [-0.1, -0.05) is 30.3 Å². The number of aromatic nitrogens is 2. The van der Waals surface area contributed by atoms with Gasteiger partial charge in [-0.2, -0.15) is 0 Å². The summed E-state index contributed by atoms with van der Waals surface area (Å²) in [5, 5.41) is 0. The zero-order valence-corrected chi connectivity index (χ0v) is 13.3. The molecule has 0 fully saturated rings. The summed E-state index contributed by atoms with van der Waals surface area (Å²) in [5.41, 5.74) is 2.51. The van der Waals surface area contributed by atoms with E-state index in [1.165, 1.54) is 6.33 Å². The highest BCUT2D eigenvalue weighted by Gasteiger charge is 2.28. The van der Waals surface area contributed by atoms with Crippen molar-refractivity contribution in [1.82, 2.24) is 14.7 Å². The lowest BCUT2D eigenvalue weighted by molar-refractivity contribution is -0.123. The molecule has 1 aromatic heterocycles. The molecule has 1 atom stereocenters. The number of carbonyl (C=O) groups is 1. The predicted octanol–water partition coefficient (Wildman–Crippen LogP) is 1.23. The smallest absolute Gasteiger partial charge is 0.239 e. The third-order valence-electron chi connectivity index (χ3n) is 3.90. The summed E-state index contributed by atoms with van der Waals surface area (Å²) in [6.07, 6.45) is 4.91. The van der Waals surface area contributed by atoms with Crippen molar-refractivity contribution in [2.45, 2.75) is 25.0 Å². The molecule has 0 aliphatic heterocycles. The fraction of sp³-hybridized carbons (Fsp3) is 0.312. The Morgan fingerprint density at radius 2 is 2.04 bits per heavy atom. The highest BCUT2D eigenvalue weighted by Crippen LogP contribution is 2.23. The molecule has 1 aliphatic rings. The van der Waals surface area contributed by atoms with Gasteiger partial charge >= 0.3 is 0 Å². The van der Waals surface area contributed by atoms with Crippen molar-refractivity contribution in [3.05, 3.63) is 59.7 Å². The largest absolute Gasteiger partial charge is 0.274 e. The molecule has 1 amide bonds. The maximum Gasteiger partial charge on any atom is 0.239 e. The third kappa shape index (κ3) is 3.92. The van der Waals surface area contributed by atoms with Gasteiger partial charge in [0.05, 0.1) is 5.75 Å². The first-order chi connectivity index (χ1) is 11.0. The van der Waals surface area contributed by atoms with Crippen LogP contribution >= 0.6 is 0 Å². The fourth-order valence-corrected chi connectivity index (χ4v) is 3.92. The molecule has 120 valence electrons. The molecule has 3 rings (SSSR count). The zero-order valence-electron chi connectivity index (χ0n) is 12.5. The molecule has 7 heteroatoms. The van der Waals surface area contributed by atoms with Gasteiger partial charge in [0.1, 0.15) is 6.33 Å². The quantitative estimate of drug-likeness (QED) is 0.910. The van der Waals surface area contributed by atoms with Gasteiger partial charge in [0, 0.05) is 17.8 Å². The second kappa shape index (κ2) is 6.45. The Bertz CT molecular complexity index is 806. The first-order valence-corrected chi connectivity index (χ1v) is 9.05. The van der Waals surface area contributed by atoms with Crippen LogP contribution in [0.5, 0.6) is 0 Å². The van der Waals surface area contributed by atoms with E-state index >= 15 is 0 Å². The molecule has 1 aliphatic carbocycles. The number of fused-ring (bicyclic) bond motifs is 1. The normalized spacial score (nSPS) is 17.3. The minimum absolute atomic E-state index is 0.202. The molecule has 0 radical (unpaired) electrons. The van der Waals surface area contributed by atoms with Crippen molar-refractivity contribution in [3.8, 4) is 0 Å². The molecule has 0 saturated heterocycles. The molecule has 0 saturated carbocycles. The van der Waals surface area contributed by atoms with Gasteiger partial charge < -0.3 is 0 Å². The summed E-state index contributed by atoms with van der Waals surface area (Å²) in [4.78, 5) is 20.4. The highest BCUT2D eigenvalue weighted by molar-refractivity contribution is 7.89. The van der Waals surface area contributed by atoms with E-state index in [9.17, 15) is 13.2 Å². The molecule has 1 N–H and O–H groups in total. The Balaban J connectivity index is 1.65. The Morgan fingerprint density at radius 3 is 2.83 bits per heavy atom. The van der Waals surface area contributed by atoms with Crippen LogP contribution in [0.3, 0.4) is 0 Å². The highest BCUT2D eigenvalue weighted by atomic mass is 32.2. The minimum atomic E-state index is -3.69. The van der Waals surface area contributed by atoms with Crippen molar-refractivity contribution in [2.75, 3.05) is 0 Å². The van der Waals surface area contributed by atoms with Crippen LogP contribution in [0.1, 0.15) is 23.2 Å². The number of nitrogens with zero attached hydrogens (tertiary/aromatic N) is 2. The number of amides is 1. The maximum atomic E-state index is 12.3. The number of benzene rings is 1. The molecule has 23 heavy (non-hydrogen) atoms. The zero-order chi connectivity index (χ0) is 16.3. The van der Waals surface area contributed by atoms with E-state index in [0.717, 1.165) is 11.3 Å². The molecular formula is C16H17N3O3S. The van der Waals surface area contributed by atoms with Crippen molar-refractivity contribution >= 4 is 15.9 Å². The molecule has 6 nitrogen and oxygen atoms in total. The topological polar surface area (TPSA) is 89.0 Å². The Morgan fingerprint density at radius 1 is 1.26 bits per heavy atom. The first kappa shape index (κ1) is 15.6. The van der Waals surface area contributed by atoms with Gasteiger partial charge in [-0.05, 0) is 30.4 Å². The SMILES string of the molecule is O=C(NS(=O)(=O)Cc1ccccc1)C1CCc2ncncc2C1. The standard InChI is InChI=1S/C16H17N3O3S/c20-16(13-6-7-15-14(8-13)9-17-11-18-15)19-23(21,22)10-12-4-2-1-3-5-12/h1-5,9,11,13H,6-8,10H2,(H,19,20). The molecular weight excluding hydrogens is 314 g/mol. The number of hydrogen-bond acceptors (Lipinski definition) is 5. The number of rotatable bonds is 4. The van der Waals surface area contributed by atoms with Crippen LogP contribution in [0.4, 0.5) is 0 Å². The summed E-state index contributed by atoms with van der Waals surface area (Å²) in [5.74, 6) is -1.01. The minimum Gasteiger partial charge on any atom is -0.274 e. The second-order valence-electron chi connectivity index (χ2n) is 5.65. The lowest BCUT2D eigenvalue weighted by Gasteiger charge is -2.22. The molecule has 0 bridgehead atoms. The summed E-state index contributed by atoms with van der Waals surface area (Å²) < 4.78 is 26.5. The van der Waals surface area contributed by atoms with E-state index in [-0.39, 0.29) is 11.7 Å². The van der Waals surface area contributed by atoms with Crippen LogP contribution in [0.15, 0.2) is 42.9 Å². The number of nitrogens with one attached hydrogen (secondary N) is 1. The summed E-state index contributed by atoms with van der Waals surface area (Å²) >= 11 is 0. The lowest BCUT2D eigenvalue weighted by Crippen LogP contribution is -2.38. The van der Waals surface area contributed by atoms with Crippen LogP contribution in [0.25, 0.3) is 0 Å². The monoisotopic (exact) mass is 331 g/mol. The molecule has 2 aromatic rings. The van der Waals surface area contributed by atoms with Crippen LogP contribution in [-0.4, -0.2) is 24.3 Å². The summed E-state index contributed by atoms with van der Waals surface area (Å²) in [6.45, 7) is 0. The van der Waals surface area contributed by atoms with Crippen LogP contribution in [-0.2, 0) is 33.4 Å². The average Bonchev–Trinajstić information content (AvgIpc) is 2.54. The van der Waals surface area contributed by atoms with E-state index in [2.05, 4.69) is 14.7 Å². The van der Waals surface area contributed by atoms with Gasteiger partial charge in [0.2, 0.25) is 15.9 Å². The molecule has 1 heterocycles. The van der Waals surface area contributed by atoms with Crippen LogP contribution in [0, 0.1) is 5.92 Å². The van der Waals surface area contributed by atoms with Crippen molar-refractivity contribution in [3.63, 3.8) is 0 Å².